The van der Waals surface area contributed by atoms with Crippen molar-refractivity contribution in [2.75, 3.05) is 12.5 Å². The standard InChI is InChI=1S/C13H18N6O/c1-7(2)11-8(3)17-12(18-13(11)19-14)9-5-10(20-4)16-6-15-9/h5-7H,14H2,1-4H3,(H,17,18,19). The average molecular weight is 274 g/mol. The van der Waals surface area contributed by atoms with Gasteiger partial charge in [0.2, 0.25) is 5.88 Å². The van der Waals surface area contributed by atoms with Crippen LogP contribution in [0.15, 0.2) is 12.4 Å². The maximum atomic E-state index is 5.56. The Morgan fingerprint density at radius 1 is 1.25 bits per heavy atom. The molecule has 0 aliphatic rings. The predicted molar refractivity (Wildman–Crippen MR) is 76.2 cm³/mol. The summed E-state index contributed by atoms with van der Waals surface area (Å²) in [6.45, 7) is 6.07. The van der Waals surface area contributed by atoms with E-state index >= 15 is 0 Å². The Labute approximate surface area is 117 Å². The van der Waals surface area contributed by atoms with Gasteiger partial charge in [0, 0.05) is 17.3 Å². The molecule has 0 spiro atoms. The number of nitrogen functional groups attached to an aromatic ring is 1. The van der Waals surface area contributed by atoms with Crippen molar-refractivity contribution in [3.63, 3.8) is 0 Å². The molecule has 0 fully saturated rings. The summed E-state index contributed by atoms with van der Waals surface area (Å²) in [5, 5.41) is 0. The van der Waals surface area contributed by atoms with Crippen molar-refractivity contribution in [3.8, 4) is 17.4 Å². The number of rotatable bonds is 4. The Bertz CT molecular complexity index is 614. The van der Waals surface area contributed by atoms with Crippen molar-refractivity contribution in [1.29, 1.82) is 0 Å². The molecule has 0 atom stereocenters. The molecule has 0 saturated heterocycles. The summed E-state index contributed by atoms with van der Waals surface area (Å²) < 4.78 is 5.08. The topological polar surface area (TPSA) is 98.8 Å². The molecular formula is C13H18N6O. The lowest BCUT2D eigenvalue weighted by Gasteiger charge is -2.15. The Morgan fingerprint density at radius 2 is 2.00 bits per heavy atom. The molecule has 0 bridgehead atoms. The molecule has 0 saturated carbocycles. The average Bonchev–Trinajstić information content (AvgIpc) is 2.45. The van der Waals surface area contributed by atoms with Gasteiger partial charge in [-0.2, -0.15) is 0 Å². The molecule has 7 heteroatoms. The van der Waals surface area contributed by atoms with E-state index in [-0.39, 0.29) is 5.92 Å². The van der Waals surface area contributed by atoms with Gasteiger partial charge in [-0.15, -0.1) is 0 Å². The van der Waals surface area contributed by atoms with Crippen LogP contribution in [-0.2, 0) is 0 Å². The number of aryl methyl sites for hydroxylation is 1. The highest BCUT2D eigenvalue weighted by Crippen LogP contribution is 2.27. The summed E-state index contributed by atoms with van der Waals surface area (Å²) in [6, 6.07) is 1.68. The summed E-state index contributed by atoms with van der Waals surface area (Å²) in [5.41, 5.74) is 5.09. The van der Waals surface area contributed by atoms with E-state index in [0.29, 0.717) is 23.2 Å². The number of aromatic nitrogens is 4. The first-order valence-electron chi connectivity index (χ1n) is 6.28. The first-order valence-corrected chi connectivity index (χ1v) is 6.28. The molecule has 2 aromatic heterocycles. The van der Waals surface area contributed by atoms with Crippen molar-refractivity contribution >= 4 is 5.82 Å². The zero-order valence-corrected chi connectivity index (χ0v) is 12.0. The van der Waals surface area contributed by atoms with Gasteiger partial charge in [0.15, 0.2) is 5.82 Å². The van der Waals surface area contributed by atoms with Crippen LogP contribution in [0.25, 0.3) is 11.5 Å². The van der Waals surface area contributed by atoms with Crippen LogP contribution < -0.4 is 16.0 Å². The van der Waals surface area contributed by atoms with Crippen LogP contribution in [0.3, 0.4) is 0 Å². The highest BCUT2D eigenvalue weighted by molar-refractivity contribution is 5.57. The van der Waals surface area contributed by atoms with Crippen LogP contribution >= 0.6 is 0 Å². The van der Waals surface area contributed by atoms with Crippen LogP contribution in [0.5, 0.6) is 5.88 Å². The summed E-state index contributed by atoms with van der Waals surface area (Å²) in [7, 11) is 1.55. The molecule has 2 rings (SSSR count). The van der Waals surface area contributed by atoms with Crippen LogP contribution in [0.2, 0.25) is 0 Å². The Kier molecular flexibility index (Phi) is 4.09. The second kappa shape index (κ2) is 5.79. The molecule has 0 unspecified atom stereocenters. The lowest BCUT2D eigenvalue weighted by atomic mass is 10.0. The number of ether oxygens (including phenoxy) is 1. The van der Waals surface area contributed by atoms with Crippen molar-refractivity contribution in [1.82, 2.24) is 19.9 Å². The number of nitrogens with two attached hydrogens (primary N) is 1. The van der Waals surface area contributed by atoms with E-state index in [2.05, 4.69) is 39.2 Å². The van der Waals surface area contributed by atoms with Gasteiger partial charge < -0.3 is 10.2 Å². The SMILES string of the molecule is COc1cc(-c2nc(C)c(C(C)C)c(NN)n2)ncn1. The number of nitrogens with one attached hydrogen (secondary N) is 1. The monoisotopic (exact) mass is 274 g/mol. The molecule has 2 heterocycles. The minimum absolute atomic E-state index is 0.273. The molecule has 0 aliphatic heterocycles. The predicted octanol–water partition coefficient (Wildman–Crippen LogP) is 1.66. The van der Waals surface area contributed by atoms with E-state index in [1.807, 2.05) is 6.92 Å². The van der Waals surface area contributed by atoms with Crippen LogP contribution in [0.1, 0.15) is 31.0 Å². The highest BCUT2D eigenvalue weighted by atomic mass is 16.5. The number of hydrazine groups is 1. The summed E-state index contributed by atoms with van der Waals surface area (Å²) in [6.07, 6.45) is 1.42. The third-order valence-corrected chi connectivity index (χ3v) is 2.93. The van der Waals surface area contributed by atoms with E-state index in [1.165, 1.54) is 6.33 Å². The fraction of sp³-hybridized carbons (Fsp3) is 0.385. The fourth-order valence-corrected chi connectivity index (χ4v) is 2.07. The van der Waals surface area contributed by atoms with Crippen molar-refractivity contribution < 1.29 is 4.74 Å². The molecule has 0 aliphatic carbocycles. The molecule has 0 radical (unpaired) electrons. The van der Waals surface area contributed by atoms with E-state index in [0.717, 1.165) is 11.3 Å². The lowest BCUT2D eigenvalue weighted by Crippen LogP contribution is -2.15. The quantitative estimate of drug-likeness (QED) is 0.646. The van der Waals surface area contributed by atoms with Gasteiger partial charge in [0.05, 0.1) is 7.11 Å². The van der Waals surface area contributed by atoms with Gasteiger partial charge in [0.1, 0.15) is 17.8 Å². The van der Waals surface area contributed by atoms with E-state index in [4.69, 9.17) is 10.6 Å². The van der Waals surface area contributed by atoms with Gasteiger partial charge in [-0.3, -0.25) is 0 Å². The maximum absolute atomic E-state index is 5.56. The molecule has 7 nitrogen and oxygen atoms in total. The molecule has 0 amide bonds. The number of nitrogens with zero attached hydrogens (tertiary/aromatic N) is 4. The third-order valence-electron chi connectivity index (χ3n) is 2.93. The highest BCUT2D eigenvalue weighted by Gasteiger charge is 2.16. The van der Waals surface area contributed by atoms with Crippen LogP contribution in [0, 0.1) is 6.92 Å². The number of hydrogen-bond donors (Lipinski definition) is 2. The van der Waals surface area contributed by atoms with Crippen LogP contribution in [0.4, 0.5) is 5.82 Å². The summed E-state index contributed by atoms with van der Waals surface area (Å²) >= 11 is 0. The van der Waals surface area contributed by atoms with Crippen molar-refractivity contribution in [3.05, 3.63) is 23.7 Å². The third kappa shape index (κ3) is 2.67. The number of hydrogen-bond acceptors (Lipinski definition) is 7. The maximum Gasteiger partial charge on any atom is 0.216 e. The summed E-state index contributed by atoms with van der Waals surface area (Å²) in [4.78, 5) is 17.1. The normalized spacial score (nSPS) is 10.7. The summed E-state index contributed by atoms with van der Waals surface area (Å²) in [5.74, 6) is 7.40. The lowest BCUT2D eigenvalue weighted by molar-refractivity contribution is 0.397. The second-order valence-corrected chi connectivity index (χ2v) is 4.64. The van der Waals surface area contributed by atoms with E-state index in [1.54, 1.807) is 13.2 Å². The molecule has 3 N–H and O–H groups in total. The first kappa shape index (κ1) is 14.1. The van der Waals surface area contributed by atoms with Gasteiger partial charge in [-0.25, -0.2) is 25.8 Å². The van der Waals surface area contributed by atoms with E-state index in [9.17, 15) is 0 Å². The molecule has 0 aromatic carbocycles. The number of methoxy groups -OCH3 is 1. The second-order valence-electron chi connectivity index (χ2n) is 4.64. The van der Waals surface area contributed by atoms with Crippen LogP contribution in [-0.4, -0.2) is 27.0 Å². The zero-order valence-electron chi connectivity index (χ0n) is 12.0. The van der Waals surface area contributed by atoms with Crippen molar-refractivity contribution in [2.45, 2.75) is 26.7 Å². The van der Waals surface area contributed by atoms with E-state index < -0.39 is 0 Å². The molecule has 2 aromatic rings. The number of anilines is 1. The Morgan fingerprint density at radius 3 is 2.60 bits per heavy atom. The smallest absolute Gasteiger partial charge is 0.216 e. The fourth-order valence-electron chi connectivity index (χ4n) is 2.07. The molecule has 20 heavy (non-hydrogen) atoms. The Balaban J connectivity index is 2.55. The van der Waals surface area contributed by atoms with Crippen molar-refractivity contribution in [2.24, 2.45) is 5.84 Å². The largest absolute Gasteiger partial charge is 0.481 e. The minimum Gasteiger partial charge on any atom is -0.481 e. The van der Waals surface area contributed by atoms with Gasteiger partial charge in [0.25, 0.3) is 0 Å². The zero-order chi connectivity index (χ0) is 14.7. The molecule has 106 valence electrons. The van der Waals surface area contributed by atoms with Gasteiger partial charge >= 0.3 is 0 Å². The Hall–Kier alpha value is -2.28. The first-order chi connectivity index (χ1) is 9.56. The van der Waals surface area contributed by atoms with Gasteiger partial charge in [-0.05, 0) is 12.8 Å². The molecular weight excluding hydrogens is 256 g/mol. The van der Waals surface area contributed by atoms with Gasteiger partial charge in [-0.1, -0.05) is 13.8 Å². The minimum atomic E-state index is 0.273.